The number of benzene rings is 1. The van der Waals surface area contributed by atoms with Gasteiger partial charge in [-0.25, -0.2) is 0 Å². The molecule has 2 rings (SSSR count). The Morgan fingerprint density at radius 2 is 1.38 bits per heavy atom. The molecule has 4 nitrogen and oxygen atoms in total. The third-order valence-corrected chi connectivity index (χ3v) is 3.91. The Morgan fingerprint density at radius 1 is 0.923 bits per heavy atom. The molecule has 1 heterocycles. The van der Waals surface area contributed by atoms with Crippen LogP contribution in [0.5, 0.6) is 0 Å². The highest BCUT2D eigenvalue weighted by molar-refractivity contribution is 5.94. The Labute approximate surface area is 151 Å². The number of aliphatic hydroxyl groups excluding tert-OH is 1. The monoisotopic (exact) mass is 406 g/mol. The summed E-state index contributed by atoms with van der Waals surface area (Å²) in [6, 6.07) is 0.880. The second-order valence-corrected chi connectivity index (χ2v) is 5.65. The molecule has 1 aliphatic heterocycles. The summed E-state index contributed by atoms with van der Waals surface area (Å²) in [4.78, 5) is 15.4. The molecule has 0 spiro atoms. The molecule has 1 aliphatic rings. The third kappa shape index (κ3) is 5.49. The van der Waals surface area contributed by atoms with E-state index in [9.17, 15) is 31.1 Å². The van der Waals surface area contributed by atoms with Crippen molar-refractivity contribution in [2.45, 2.75) is 12.4 Å². The van der Waals surface area contributed by atoms with Crippen molar-refractivity contribution in [2.24, 2.45) is 0 Å². The largest absolute Gasteiger partial charge is 0.416 e. The van der Waals surface area contributed by atoms with Crippen LogP contribution in [0.1, 0.15) is 21.5 Å². The lowest BCUT2D eigenvalue weighted by Crippen LogP contribution is -2.49. The van der Waals surface area contributed by atoms with E-state index in [1.165, 1.54) is 4.90 Å². The summed E-state index contributed by atoms with van der Waals surface area (Å²) in [6.07, 6.45) is -9.98. The maximum Gasteiger partial charge on any atom is 0.416 e. The Hall–Kier alpha value is -1.52. The van der Waals surface area contributed by atoms with Crippen LogP contribution in [0.3, 0.4) is 0 Å². The van der Waals surface area contributed by atoms with Gasteiger partial charge in [0.2, 0.25) is 0 Å². The molecule has 26 heavy (non-hydrogen) atoms. The number of hydrogen-bond donors (Lipinski definition) is 1. The van der Waals surface area contributed by atoms with Crippen LogP contribution in [-0.4, -0.2) is 60.1 Å². The van der Waals surface area contributed by atoms with Crippen LogP contribution >= 0.6 is 12.4 Å². The number of halogens is 7. The molecule has 1 amide bonds. The number of carbonyl (C=O) groups excluding carboxylic acids is 1. The third-order valence-electron chi connectivity index (χ3n) is 3.91. The van der Waals surface area contributed by atoms with E-state index in [4.69, 9.17) is 5.11 Å². The number of aliphatic hydroxyl groups is 1. The summed E-state index contributed by atoms with van der Waals surface area (Å²) in [7, 11) is 0. The molecule has 0 unspecified atom stereocenters. The zero-order chi connectivity index (χ0) is 18.8. The van der Waals surface area contributed by atoms with E-state index in [1.54, 1.807) is 0 Å². The molecule has 0 atom stereocenters. The van der Waals surface area contributed by atoms with Gasteiger partial charge in [0.1, 0.15) is 0 Å². The van der Waals surface area contributed by atoms with E-state index in [0.717, 1.165) is 0 Å². The molecule has 1 aromatic carbocycles. The highest BCUT2D eigenvalue weighted by Crippen LogP contribution is 2.36. The highest BCUT2D eigenvalue weighted by Gasteiger charge is 2.38. The van der Waals surface area contributed by atoms with Crippen LogP contribution in [0.15, 0.2) is 18.2 Å². The van der Waals surface area contributed by atoms with Gasteiger partial charge < -0.3 is 10.0 Å². The van der Waals surface area contributed by atoms with Gasteiger partial charge in [-0.05, 0) is 18.2 Å². The van der Waals surface area contributed by atoms with Gasteiger partial charge in [0, 0.05) is 38.3 Å². The Kier molecular flexibility index (Phi) is 7.32. The molecule has 1 saturated heterocycles. The first kappa shape index (κ1) is 22.5. The maximum absolute atomic E-state index is 12.9. The van der Waals surface area contributed by atoms with Gasteiger partial charge >= 0.3 is 12.4 Å². The van der Waals surface area contributed by atoms with Crippen molar-refractivity contribution in [3.05, 3.63) is 34.9 Å². The lowest BCUT2D eigenvalue weighted by atomic mass is 10.0. The number of alkyl halides is 6. The van der Waals surface area contributed by atoms with Gasteiger partial charge in [-0.1, -0.05) is 0 Å². The van der Waals surface area contributed by atoms with Crippen LogP contribution in [0.2, 0.25) is 0 Å². The van der Waals surface area contributed by atoms with E-state index in [1.807, 2.05) is 4.90 Å². The number of nitrogens with zero attached hydrogens (tertiary/aromatic N) is 2. The molecule has 0 radical (unpaired) electrons. The lowest BCUT2D eigenvalue weighted by molar-refractivity contribution is -0.143. The molecule has 0 aliphatic carbocycles. The predicted octanol–water partition coefficient (Wildman–Crippen LogP) is 2.90. The van der Waals surface area contributed by atoms with Crippen molar-refractivity contribution < 1.29 is 36.2 Å². The molecule has 1 fully saturated rings. The fraction of sp³-hybridized carbons (Fsp3) is 0.533. The number of piperazine rings is 1. The second-order valence-electron chi connectivity index (χ2n) is 5.65. The Morgan fingerprint density at radius 3 is 1.77 bits per heavy atom. The van der Waals surface area contributed by atoms with Gasteiger partial charge in [-0.15, -0.1) is 12.4 Å². The molecular formula is C15H17ClF6N2O2. The van der Waals surface area contributed by atoms with Crippen molar-refractivity contribution >= 4 is 18.3 Å². The Bertz CT molecular complexity index is 595. The molecule has 1 N–H and O–H groups in total. The van der Waals surface area contributed by atoms with E-state index < -0.39 is 35.0 Å². The summed E-state index contributed by atoms with van der Waals surface area (Å²) in [6.45, 7) is 1.42. The van der Waals surface area contributed by atoms with Gasteiger partial charge in [-0.3, -0.25) is 9.69 Å². The number of hydrogen-bond acceptors (Lipinski definition) is 3. The Balaban J connectivity index is 0.00000338. The maximum atomic E-state index is 12.9. The van der Waals surface area contributed by atoms with Crippen molar-refractivity contribution in [1.29, 1.82) is 0 Å². The fourth-order valence-electron chi connectivity index (χ4n) is 2.58. The average molecular weight is 407 g/mol. The minimum absolute atomic E-state index is 0. The second kappa shape index (κ2) is 8.45. The number of rotatable bonds is 3. The highest BCUT2D eigenvalue weighted by atomic mass is 35.5. The van der Waals surface area contributed by atoms with E-state index in [-0.39, 0.29) is 38.2 Å². The molecule has 11 heteroatoms. The number of carbonyl (C=O) groups is 1. The minimum atomic E-state index is -4.99. The van der Waals surface area contributed by atoms with E-state index in [0.29, 0.717) is 31.8 Å². The van der Waals surface area contributed by atoms with Gasteiger partial charge in [0.15, 0.2) is 0 Å². The van der Waals surface area contributed by atoms with Crippen molar-refractivity contribution in [3.63, 3.8) is 0 Å². The summed E-state index contributed by atoms with van der Waals surface area (Å²) >= 11 is 0. The first-order valence-corrected chi connectivity index (χ1v) is 7.44. The van der Waals surface area contributed by atoms with Crippen molar-refractivity contribution in [2.75, 3.05) is 39.3 Å². The first-order chi connectivity index (χ1) is 11.5. The molecule has 0 bridgehead atoms. The normalized spacial score (nSPS) is 16.3. The van der Waals surface area contributed by atoms with Crippen LogP contribution in [0.4, 0.5) is 26.3 Å². The zero-order valence-corrected chi connectivity index (χ0v) is 14.2. The SMILES string of the molecule is Cl.O=C(c1cc(C(F)(F)F)cc(C(F)(F)F)c1)N1CCN(CCO)CC1. The summed E-state index contributed by atoms with van der Waals surface area (Å²) in [5, 5.41) is 8.85. The van der Waals surface area contributed by atoms with E-state index >= 15 is 0 Å². The van der Waals surface area contributed by atoms with Crippen LogP contribution in [0, 0.1) is 0 Å². The van der Waals surface area contributed by atoms with Crippen molar-refractivity contribution in [1.82, 2.24) is 9.80 Å². The van der Waals surface area contributed by atoms with Gasteiger partial charge in [0.25, 0.3) is 5.91 Å². The quantitative estimate of drug-likeness (QED) is 0.785. The number of amides is 1. The fourth-order valence-corrected chi connectivity index (χ4v) is 2.58. The van der Waals surface area contributed by atoms with Crippen LogP contribution in [0.25, 0.3) is 0 Å². The molecular weight excluding hydrogens is 390 g/mol. The zero-order valence-electron chi connectivity index (χ0n) is 13.4. The molecule has 0 saturated carbocycles. The van der Waals surface area contributed by atoms with Gasteiger partial charge in [-0.2, -0.15) is 26.3 Å². The predicted molar refractivity (Wildman–Crippen MR) is 83.1 cm³/mol. The van der Waals surface area contributed by atoms with Gasteiger partial charge in [0.05, 0.1) is 17.7 Å². The topological polar surface area (TPSA) is 43.8 Å². The number of β-amino-alcohol motifs (C(OH)–C–C–N with tert-alkyl or cyclic N) is 1. The molecule has 1 aromatic rings. The average Bonchev–Trinajstić information content (AvgIpc) is 2.53. The smallest absolute Gasteiger partial charge is 0.395 e. The summed E-state index contributed by atoms with van der Waals surface area (Å²) < 4.78 is 77.1. The minimum Gasteiger partial charge on any atom is -0.395 e. The molecule has 148 valence electrons. The summed E-state index contributed by atoms with van der Waals surface area (Å²) in [5.74, 6) is -0.875. The molecule has 0 aromatic heterocycles. The van der Waals surface area contributed by atoms with Crippen molar-refractivity contribution in [3.8, 4) is 0 Å². The summed E-state index contributed by atoms with van der Waals surface area (Å²) in [5.41, 5.74) is -3.66. The first-order valence-electron chi connectivity index (χ1n) is 7.44. The van der Waals surface area contributed by atoms with Crippen LogP contribution < -0.4 is 0 Å². The van der Waals surface area contributed by atoms with Crippen LogP contribution in [-0.2, 0) is 12.4 Å². The lowest BCUT2D eigenvalue weighted by Gasteiger charge is -2.34. The standard InChI is InChI=1S/C15H16F6N2O2.ClH/c16-14(17,18)11-7-10(8-12(9-11)15(19,20)21)13(25)23-3-1-22(2-4-23)5-6-24;/h7-9,24H,1-6H2;1H. The van der Waals surface area contributed by atoms with E-state index in [2.05, 4.69) is 0 Å².